The van der Waals surface area contributed by atoms with Gasteiger partial charge in [-0.25, -0.2) is 0 Å². The highest BCUT2D eigenvalue weighted by Gasteiger charge is 2.04. The molecule has 0 aliphatic carbocycles. The lowest BCUT2D eigenvalue weighted by atomic mass is 10.2. The molecule has 112 valence electrons. The van der Waals surface area contributed by atoms with Gasteiger partial charge < -0.3 is 15.2 Å². The molecule has 2 rings (SSSR count). The van der Waals surface area contributed by atoms with Gasteiger partial charge in [0.1, 0.15) is 12.4 Å². The Morgan fingerprint density at radius 2 is 1.86 bits per heavy atom. The van der Waals surface area contributed by atoms with Gasteiger partial charge in [0.25, 0.3) is 0 Å². The van der Waals surface area contributed by atoms with Crippen LogP contribution in [0.5, 0.6) is 5.75 Å². The van der Waals surface area contributed by atoms with E-state index in [1.54, 1.807) is 6.92 Å². The summed E-state index contributed by atoms with van der Waals surface area (Å²) in [5.74, 6) is 0.852. The highest BCUT2D eigenvalue weighted by Crippen LogP contribution is 2.19. The summed E-state index contributed by atoms with van der Waals surface area (Å²) in [6.45, 7) is 3.49. The number of para-hydroxylation sites is 1. The first-order chi connectivity index (χ1) is 10.1. The molecule has 3 nitrogen and oxygen atoms in total. The monoisotopic (exact) mass is 305 g/mol. The van der Waals surface area contributed by atoms with Crippen LogP contribution in [0.25, 0.3) is 0 Å². The Morgan fingerprint density at radius 1 is 1.14 bits per heavy atom. The fourth-order valence-electron chi connectivity index (χ4n) is 1.95. The van der Waals surface area contributed by atoms with Crippen molar-refractivity contribution in [3.63, 3.8) is 0 Å². The average molecular weight is 306 g/mol. The molecule has 1 unspecified atom stereocenters. The molecule has 4 heteroatoms. The van der Waals surface area contributed by atoms with E-state index in [1.807, 2.05) is 48.5 Å². The number of nitrogens with one attached hydrogen (secondary N) is 1. The SMILES string of the molecule is CC(O)CNCc1ccccc1OCc1ccc(Cl)cc1. The number of hydrogen-bond acceptors (Lipinski definition) is 3. The number of ether oxygens (including phenoxy) is 1. The van der Waals surface area contributed by atoms with Crippen molar-refractivity contribution >= 4 is 11.6 Å². The summed E-state index contributed by atoms with van der Waals surface area (Å²) in [5, 5.41) is 13.2. The van der Waals surface area contributed by atoms with E-state index in [0.717, 1.165) is 21.9 Å². The van der Waals surface area contributed by atoms with Crippen molar-refractivity contribution in [2.75, 3.05) is 6.54 Å². The Balaban J connectivity index is 1.94. The molecule has 0 fully saturated rings. The summed E-state index contributed by atoms with van der Waals surface area (Å²) in [4.78, 5) is 0. The van der Waals surface area contributed by atoms with Crippen LogP contribution >= 0.6 is 11.6 Å². The number of aliphatic hydroxyl groups is 1. The molecule has 0 amide bonds. The van der Waals surface area contributed by atoms with Crippen molar-refractivity contribution in [3.8, 4) is 5.75 Å². The highest BCUT2D eigenvalue weighted by atomic mass is 35.5. The van der Waals surface area contributed by atoms with E-state index in [2.05, 4.69) is 5.32 Å². The van der Waals surface area contributed by atoms with Gasteiger partial charge in [-0.2, -0.15) is 0 Å². The smallest absolute Gasteiger partial charge is 0.124 e. The number of aliphatic hydroxyl groups excluding tert-OH is 1. The maximum Gasteiger partial charge on any atom is 0.124 e. The van der Waals surface area contributed by atoms with Gasteiger partial charge >= 0.3 is 0 Å². The zero-order chi connectivity index (χ0) is 15.1. The Morgan fingerprint density at radius 3 is 2.57 bits per heavy atom. The molecule has 0 bridgehead atoms. The predicted molar refractivity (Wildman–Crippen MR) is 85.6 cm³/mol. The van der Waals surface area contributed by atoms with Crippen molar-refractivity contribution in [1.82, 2.24) is 5.32 Å². The first kappa shape index (κ1) is 15.8. The van der Waals surface area contributed by atoms with Crippen molar-refractivity contribution in [1.29, 1.82) is 0 Å². The molecular weight excluding hydrogens is 286 g/mol. The second-order valence-corrected chi connectivity index (χ2v) is 5.44. The number of benzene rings is 2. The summed E-state index contributed by atoms with van der Waals surface area (Å²) in [6.07, 6.45) is -0.354. The van der Waals surface area contributed by atoms with E-state index in [-0.39, 0.29) is 6.10 Å². The van der Waals surface area contributed by atoms with Crippen molar-refractivity contribution in [2.24, 2.45) is 0 Å². The number of hydrogen-bond donors (Lipinski definition) is 2. The lowest BCUT2D eigenvalue weighted by molar-refractivity contribution is 0.190. The van der Waals surface area contributed by atoms with Crippen molar-refractivity contribution in [2.45, 2.75) is 26.2 Å². The largest absolute Gasteiger partial charge is 0.489 e. The van der Waals surface area contributed by atoms with Gasteiger partial charge in [-0.15, -0.1) is 0 Å². The second kappa shape index (κ2) is 8.03. The van der Waals surface area contributed by atoms with Crippen LogP contribution < -0.4 is 10.1 Å². The first-order valence-electron chi connectivity index (χ1n) is 6.99. The Kier molecular flexibility index (Phi) is 6.05. The van der Waals surface area contributed by atoms with E-state index in [0.29, 0.717) is 19.7 Å². The molecule has 2 aromatic carbocycles. The van der Waals surface area contributed by atoms with Crippen molar-refractivity contribution < 1.29 is 9.84 Å². The quantitative estimate of drug-likeness (QED) is 0.824. The molecule has 0 heterocycles. The molecule has 0 aliphatic rings. The normalized spacial score (nSPS) is 12.1. The number of rotatable bonds is 7. The van der Waals surface area contributed by atoms with E-state index < -0.39 is 0 Å². The van der Waals surface area contributed by atoms with Gasteiger partial charge in [0.05, 0.1) is 6.10 Å². The molecule has 0 aromatic heterocycles. The van der Waals surface area contributed by atoms with Crippen LogP contribution in [0.1, 0.15) is 18.1 Å². The summed E-state index contributed by atoms with van der Waals surface area (Å²) in [5.41, 5.74) is 2.15. The minimum absolute atomic E-state index is 0.354. The summed E-state index contributed by atoms with van der Waals surface area (Å²) in [7, 11) is 0. The molecule has 0 radical (unpaired) electrons. The third kappa shape index (κ3) is 5.38. The van der Waals surface area contributed by atoms with Gasteiger partial charge in [0.15, 0.2) is 0 Å². The maximum atomic E-state index is 9.27. The van der Waals surface area contributed by atoms with Crippen LogP contribution in [0, 0.1) is 0 Å². The molecule has 0 saturated heterocycles. The number of halogens is 1. The lowest BCUT2D eigenvalue weighted by Gasteiger charge is -2.13. The zero-order valence-corrected chi connectivity index (χ0v) is 12.8. The van der Waals surface area contributed by atoms with Crippen molar-refractivity contribution in [3.05, 3.63) is 64.7 Å². The molecule has 1 atom stereocenters. The van der Waals surface area contributed by atoms with Gasteiger partial charge in [-0.05, 0) is 30.7 Å². The van der Waals surface area contributed by atoms with Gasteiger partial charge in [-0.1, -0.05) is 41.9 Å². The van der Waals surface area contributed by atoms with E-state index >= 15 is 0 Å². The Labute approximate surface area is 130 Å². The summed E-state index contributed by atoms with van der Waals surface area (Å²) < 4.78 is 5.88. The molecule has 0 saturated carbocycles. The van der Waals surface area contributed by atoms with Crippen LogP contribution in [0.2, 0.25) is 5.02 Å². The van der Waals surface area contributed by atoms with Crippen LogP contribution in [0.4, 0.5) is 0 Å². The van der Waals surface area contributed by atoms with E-state index in [1.165, 1.54) is 0 Å². The summed E-state index contributed by atoms with van der Waals surface area (Å²) >= 11 is 5.87. The fourth-order valence-corrected chi connectivity index (χ4v) is 2.07. The third-order valence-electron chi connectivity index (χ3n) is 3.04. The maximum absolute atomic E-state index is 9.27. The van der Waals surface area contributed by atoms with Gasteiger partial charge in [0, 0.05) is 23.7 Å². The molecule has 2 aromatic rings. The van der Waals surface area contributed by atoms with Crippen LogP contribution in [-0.4, -0.2) is 17.8 Å². The second-order valence-electron chi connectivity index (χ2n) is 5.00. The van der Waals surface area contributed by atoms with E-state index in [9.17, 15) is 5.11 Å². The Hall–Kier alpha value is -1.55. The van der Waals surface area contributed by atoms with Gasteiger partial charge in [-0.3, -0.25) is 0 Å². The third-order valence-corrected chi connectivity index (χ3v) is 3.29. The van der Waals surface area contributed by atoms with Gasteiger partial charge in [0.2, 0.25) is 0 Å². The lowest BCUT2D eigenvalue weighted by Crippen LogP contribution is -2.24. The molecule has 0 spiro atoms. The Bertz CT molecular complexity index is 555. The topological polar surface area (TPSA) is 41.5 Å². The first-order valence-corrected chi connectivity index (χ1v) is 7.37. The van der Waals surface area contributed by atoms with Crippen LogP contribution in [0.3, 0.4) is 0 Å². The molecule has 2 N–H and O–H groups in total. The van der Waals surface area contributed by atoms with Crippen LogP contribution in [-0.2, 0) is 13.2 Å². The minimum atomic E-state index is -0.354. The minimum Gasteiger partial charge on any atom is -0.489 e. The zero-order valence-electron chi connectivity index (χ0n) is 12.1. The average Bonchev–Trinajstić information content (AvgIpc) is 2.47. The van der Waals surface area contributed by atoms with Crippen LogP contribution in [0.15, 0.2) is 48.5 Å². The fraction of sp³-hybridized carbons (Fsp3) is 0.294. The summed E-state index contributed by atoms with van der Waals surface area (Å²) in [6, 6.07) is 15.5. The molecule has 21 heavy (non-hydrogen) atoms. The molecule has 0 aliphatic heterocycles. The predicted octanol–water partition coefficient (Wildman–Crippen LogP) is 3.39. The highest BCUT2D eigenvalue weighted by molar-refractivity contribution is 6.30. The van der Waals surface area contributed by atoms with E-state index in [4.69, 9.17) is 16.3 Å². The molecular formula is C17H20ClNO2. The standard InChI is InChI=1S/C17H20ClNO2/c1-13(20)10-19-11-15-4-2-3-5-17(15)21-12-14-6-8-16(18)9-7-14/h2-9,13,19-20H,10-12H2,1H3.